The van der Waals surface area contributed by atoms with Gasteiger partial charge in [0.05, 0.1) is 11.3 Å². The Hall–Kier alpha value is -1.95. The van der Waals surface area contributed by atoms with Crippen LogP contribution in [0.2, 0.25) is 0 Å². The highest BCUT2D eigenvalue weighted by Gasteiger charge is 2.22. The standard InChI is InChI=1S/C16H20N4OS/c1-11(2)19-15-13-3-6-20(7-4-14(13)17-10-18-15)16(21)12-5-8-22-9-12/h5,8-11H,3-4,6-7H2,1-2H3,(H,17,18,19). The topological polar surface area (TPSA) is 58.1 Å². The molecule has 0 atom stereocenters. The Kier molecular flexibility index (Phi) is 4.38. The first-order chi connectivity index (χ1) is 10.6. The number of rotatable bonds is 3. The van der Waals surface area contributed by atoms with E-state index in [9.17, 15) is 4.79 Å². The van der Waals surface area contributed by atoms with Crippen LogP contribution < -0.4 is 5.32 Å². The van der Waals surface area contributed by atoms with Crippen LogP contribution in [0.4, 0.5) is 5.82 Å². The van der Waals surface area contributed by atoms with Crippen LogP contribution in [0.25, 0.3) is 0 Å². The van der Waals surface area contributed by atoms with Crippen LogP contribution in [-0.4, -0.2) is 39.9 Å². The molecular weight excluding hydrogens is 296 g/mol. The quantitative estimate of drug-likeness (QED) is 0.945. The molecule has 3 heterocycles. The summed E-state index contributed by atoms with van der Waals surface area (Å²) in [6.45, 7) is 5.61. The first kappa shape index (κ1) is 15.0. The van der Waals surface area contributed by atoms with Gasteiger partial charge in [0.2, 0.25) is 0 Å². The van der Waals surface area contributed by atoms with Crippen LogP contribution in [0.15, 0.2) is 23.2 Å². The van der Waals surface area contributed by atoms with Crippen LogP contribution in [0.3, 0.4) is 0 Å². The maximum Gasteiger partial charge on any atom is 0.254 e. The van der Waals surface area contributed by atoms with Crippen LogP contribution in [-0.2, 0) is 12.8 Å². The number of aromatic nitrogens is 2. The summed E-state index contributed by atoms with van der Waals surface area (Å²) in [5.41, 5.74) is 2.98. The molecule has 5 nitrogen and oxygen atoms in total. The molecule has 22 heavy (non-hydrogen) atoms. The molecule has 1 aliphatic heterocycles. The zero-order valence-corrected chi connectivity index (χ0v) is 13.7. The van der Waals surface area contributed by atoms with Crippen molar-refractivity contribution in [3.05, 3.63) is 40.0 Å². The van der Waals surface area contributed by atoms with Gasteiger partial charge in [-0.3, -0.25) is 4.79 Å². The fourth-order valence-corrected chi connectivity index (χ4v) is 3.33. The maximum atomic E-state index is 12.5. The second kappa shape index (κ2) is 6.44. The van der Waals surface area contributed by atoms with Crippen molar-refractivity contribution in [1.29, 1.82) is 0 Å². The fraction of sp³-hybridized carbons (Fsp3) is 0.438. The Morgan fingerprint density at radius 2 is 2.14 bits per heavy atom. The molecule has 0 spiro atoms. The zero-order chi connectivity index (χ0) is 15.5. The number of nitrogens with one attached hydrogen (secondary N) is 1. The molecule has 2 aromatic heterocycles. The Bertz CT molecular complexity index is 654. The first-order valence-electron chi connectivity index (χ1n) is 7.56. The van der Waals surface area contributed by atoms with E-state index in [1.165, 1.54) is 0 Å². The number of amides is 1. The molecule has 3 rings (SSSR count). The minimum absolute atomic E-state index is 0.111. The fourth-order valence-electron chi connectivity index (χ4n) is 2.70. The molecule has 116 valence electrons. The van der Waals surface area contributed by atoms with Gasteiger partial charge in [0.15, 0.2) is 0 Å². The zero-order valence-electron chi connectivity index (χ0n) is 12.9. The smallest absolute Gasteiger partial charge is 0.254 e. The van der Waals surface area contributed by atoms with Gasteiger partial charge in [0, 0.05) is 36.5 Å². The number of fused-ring (bicyclic) bond motifs is 1. The largest absolute Gasteiger partial charge is 0.368 e. The SMILES string of the molecule is CC(C)Nc1ncnc2c1CCN(C(=O)c1ccsc1)CC2. The van der Waals surface area contributed by atoms with E-state index in [2.05, 4.69) is 29.1 Å². The summed E-state index contributed by atoms with van der Waals surface area (Å²) in [6, 6.07) is 2.21. The molecule has 1 aliphatic rings. The normalized spacial score (nSPS) is 14.6. The lowest BCUT2D eigenvalue weighted by Gasteiger charge is -2.19. The molecule has 0 radical (unpaired) electrons. The van der Waals surface area contributed by atoms with E-state index in [-0.39, 0.29) is 5.91 Å². The van der Waals surface area contributed by atoms with Gasteiger partial charge in [-0.15, -0.1) is 0 Å². The highest BCUT2D eigenvalue weighted by atomic mass is 32.1. The van der Waals surface area contributed by atoms with E-state index >= 15 is 0 Å². The molecule has 2 aromatic rings. The number of carbonyl (C=O) groups excluding carboxylic acids is 1. The Labute approximate surface area is 134 Å². The van der Waals surface area contributed by atoms with E-state index in [0.717, 1.165) is 35.5 Å². The third-order valence-corrected chi connectivity index (χ3v) is 4.45. The maximum absolute atomic E-state index is 12.5. The number of hydrogen-bond acceptors (Lipinski definition) is 5. The van der Waals surface area contributed by atoms with Crippen molar-refractivity contribution in [1.82, 2.24) is 14.9 Å². The van der Waals surface area contributed by atoms with Gasteiger partial charge in [-0.1, -0.05) is 0 Å². The Morgan fingerprint density at radius 3 is 2.86 bits per heavy atom. The second-order valence-corrected chi connectivity index (χ2v) is 6.53. The van der Waals surface area contributed by atoms with Crippen LogP contribution in [0.5, 0.6) is 0 Å². The van der Waals surface area contributed by atoms with E-state index in [0.29, 0.717) is 19.1 Å². The lowest BCUT2D eigenvalue weighted by molar-refractivity contribution is 0.0763. The number of thiophene rings is 1. The van der Waals surface area contributed by atoms with Crippen LogP contribution in [0.1, 0.15) is 35.5 Å². The molecule has 6 heteroatoms. The third-order valence-electron chi connectivity index (χ3n) is 3.77. The van der Waals surface area contributed by atoms with Gasteiger partial charge in [-0.2, -0.15) is 11.3 Å². The van der Waals surface area contributed by atoms with E-state index in [4.69, 9.17) is 0 Å². The highest BCUT2D eigenvalue weighted by Crippen LogP contribution is 2.22. The lowest BCUT2D eigenvalue weighted by atomic mass is 10.1. The number of nitrogens with zero attached hydrogens (tertiary/aromatic N) is 3. The van der Waals surface area contributed by atoms with Crippen molar-refractivity contribution in [2.24, 2.45) is 0 Å². The predicted octanol–water partition coefficient (Wildman–Crippen LogP) is 2.60. The monoisotopic (exact) mass is 316 g/mol. The van der Waals surface area contributed by atoms with Gasteiger partial charge in [0.25, 0.3) is 5.91 Å². The van der Waals surface area contributed by atoms with Crippen molar-refractivity contribution in [3.8, 4) is 0 Å². The second-order valence-electron chi connectivity index (χ2n) is 5.75. The molecule has 0 fully saturated rings. The van der Waals surface area contributed by atoms with Gasteiger partial charge in [-0.25, -0.2) is 9.97 Å². The number of hydrogen-bond donors (Lipinski definition) is 1. The minimum Gasteiger partial charge on any atom is -0.368 e. The van der Waals surface area contributed by atoms with Gasteiger partial charge in [0.1, 0.15) is 12.1 Å². The van der Waals surface area contributed by atoms with Gasteiger partial charge < -0.3 is 10.2 Å². The Balaban J connectivity index is 1.79. The lowest BCUT2D eigenvalue weighted by Crippen LogP contribution is -2.33. The van der Waals surface area contributed by atoms with E-state index < -0.39 is 0 Å². The molecule has 1 amide bonds. The van der Waals surface area contributed by atoms with Crippen LogP contribution >= 0.6 is 11.3 Å². The van der Waals surface area contributed by atoms with Gasteiger partial charge >= 0.3 is 0 Å². The van der Waals surface area contributed by atoms with Crippen molar-refractivity contribution >= 4 is 23.1 Å². The average molecular weight is 316 g/mol. The molecule has 0 unspecified atom stereocenters. The molecular formula is C16H20N4OS. The molecule has 0 bridgehead atoms. The predicted molar refractivity (Wildman–Crippen MR) is 88.4 cm³/mol. The molecule has 0 aliphatic carbocycles. The van der Waals surface area contributed by atoms with Crippen LogP contribution in [0, 0.1) is 0 Å². The number of anilines is 1. The summed E-state index contributed by atoms with van der Waals surface area (Å²) in [5.74, 6) is 1.02. The summed E-state index contributed by atoms with van der Waals surface area (Å²) < 4.78 is 0. The van der Waals surface area contributed by atoms with E-state index in [1.54, 1.807) is 17.7 Å². The summed E-state index contributed by atoms with van der Waals surface area (Å²) in [5, 5.41) is 7.23. The Morgan fingerprint density at radius 1 is 1.32 bits per heavy atom. The number of carbonyl (C=O) groups is 1. The third kappa shape index (κ3) is 3.11. The average Bonchev–Trinajstić information content (AvgIpc) is 2.93. The minimum atomic E-state index is 0.111. The summed E-state index contributed by atoms with van der Waals surface area (Å²) in [4.78, 5) is 23.2. The van der Waals surface area contributed by atoms with Crippen molar-refractivity contribution in [2.45, 2.75) is 32.7 Å². The van der Waals surface area contributed by atoms with Crippen molar-refractivity contribution < 1.29 is 4.79 Å². The molecule has 0 saturated carbocycles. The molecule has 0 saturated heterocycles. The first-order valence-corrected chi connectivity index (χ1v) is 8.50. The summed E-state index contributed by atoms with van der Waals surface area (Å²) >= 11 is 1.55. The molecule has 0 aromatic carbocycles. The summed E-state index contributed by atoms with van der Waals surface area (Å²) in [7, 11) is 0. The van der Waals surface area contributed by atoms with Crippen molar-refractivity contribution in [2.75, 3.05) is 18.4 Å². The van der Waals surface area contributed by atoms with Crippen molar-refractivity contribution in [3.63, 3.8) is 0 Å². The van der Waals surface area contributed by atoms with E-state index in [1.807, 2.05) is 21.7 Å². The highest BCUT2D eigenvalue weighted by molar-refractivity contribution is 7.08. The molecule has 1 N–H and O–H groups in total. The summed E-state index contributed by atoms with van der Waals surface area (Å²) in [6.07, 6.45) is 3.18. The van der Waals surface area contributed by atoms with Gasteiger partial charge in [-0.05, 0) is 31.7 Å².